The van der Waals surface area contributed by atoms with Crippen molar-refractivity contribution < 1.29 is 8.42 Å². The van der Waals surface area contributed by atoms with Gasteiger partial charge in [0.1, 0.15) is 0 Å². The first-order valence-corrected chi connectivity index (χ1v) is 8.83. The molecule has 2 heterocycles. The topological polar surface area (TPSA) is 71.1 Å². The van der Waals surface area contributed by atoms with Crippen molar-refractivity contribution in [2.24, 2.45) is 0 Å². The number of aryl methyl sites for hydroxylation is 1. The van der Waals surface area contributed by atoms with E-state index in [9.17, 15) is 8.42 Å². The number of hydrogen-bond donors (Lipinski definition) is 2. The van der Waals surface area contributed by atoms with Crippen LogP contribution in [-0.2, 0) is 16.6 Å². The molecule has 2 N–H and O–H groups in total. The molecule has 0 spiro atoms. The Bertz CT molecular complexity index is 508. The molecule has 0 bridgehead atoms. The van der Waals surface area contributed by atoms with Crippen LogP contribution in [0.2, 0.25) is 0 Å². The quantitative estimate of drug-likeness (QED) is 0.831. The summed E-state index contributed by atoms with van der Waals surface area (Å²) >= 11 is 0. The Hall–Kier alpha value is -0.980. The number of aromatic nitrogens is 1. The smallest absolute Gasteiger partial charge is 0.211 e. The van der Waals surface area contributed by atoms with Gasteiger partial charge in [-0.1, -0.05) is 12.5 Å². The van der Waals surface area contributed by atoms with Gasteiger partial charge in [-0.3, -0.25) is 4.98 Å². The van der Waals surface area contributed by atoms with E-state index in [4.69, 9.17) is 0 Å². The molecule has 1 saturated heterocycles. The van der Waals surface area contributed by atoms with E-state index < -0.39 is 10.0 Å². The minimum absolute atomic E-state index is 0.184. The molecule has 0 aromatic carbocycles. The Morgan fingerprint density at radius 2 is 2.25 bits per heavy atom. The molecule has 6 heteroatoms. The third kappa shape index (κ3) is 5.19. The first-order chi connectivity index (χ1) is 9.55. The molecule has 0 radical (unpaired) electrons. The lowest BCUT2D eigenvalue weighted by Gasteiger charge is -2.23. The summed E-state index contributed by atoms with van der Waals surface area (Å²) in [5, 5.41) is 3.37. The van der Waals surface area contributed by atoms with Gasteiger partial charge < -0.3 is 5.32 Å². The predicted octanol–water partition coefficient (Wildman–Crippen LogP) is 1.34. The Labute approximate surface area is 121 Å². The molecular weight excluding hydrogens is 274 g/mol. The Morgan fingerprint density at radius 1 is 1.40 bits per heavy atom. The first kappa shape index (κ1) is 15.4. The van der Waals surface area contributed by atoms with Crippen molar-refractivity contribution in [3.63, 3.8) is 0 Å². The van der Waals surface area contributed by atoms with Crippen molar-refractivity contribution in [1.29, 1.82) is 0 Å². The number of sulfonamides is 1. The highest BCUT2D eigenvalue weighted by molar-refractivity contribution is 7.89. The molecule has 2 rings (SSSR count). The molecule has 1 fully saturated rings. The third-order valence-corrected chi connectivity index (χ3v) is 4.97. The third-order valence-electron chi connectivity index (χ3n) is 3.62. The molecule has 1 atom stereocenters. The first-order valence-electron chi connectivity index (χ1n) is 7.17. The second-order valence-electron chi connectivity index (χ2n) is 5.38. The van der Waals surface area contributed by atoms with E-state index >= 15 is 0 Å². The summed E-state index contributed by atoms with van der Waals surface area (Å²) in [6, 6.07) is 4.13. The Kier molecular flexibility index (Phi) is 5.51. The second kappa shape index (κ2) is 7.15. The van der Waals surface area contributed by atoms with E-state index in [2.05, 4.69) is 15.0 Å². The van der Waals surface area contributed by atoms with Crippen LogP contribution in [-0.4, -0.2) is 31.7 Å². The highest BCUT2D eigenvalue weighted by Gasteiger charge is 2.17. The zero-order chi connectivity index (χ0) is 14.4. The molecule has 1 aromatic heterocycles. The van der Waals surface area contributed by atoms with Crippen LogP contribution in [0.25, 0.3) is 0 Å². The van der Waals surface area contributed by atoms with Gasteiger partial charge in [0.15, 0.2) is 0 Å². The van der Waals surface area contributed by atoms with Gasteiger partial charge in [0.2, 0.25) is 10.0 Å². The number of pyridine rings is 1. The van der Waals surface area contributed by atoms with E-state index in [-0.39, 0.29) is 5.75 Å². The van der Waals surface area contributed by atoms with Crippen molar-refractivity contribution in [2.75, 3.05) is 12.3 Å². The lowest BCUT2D eigenvalue weighted by molar-refractivity contribution is 0.392. The zero-order valence-electron chi connectivity index (χ0n) is 11.9. The maximum Gasteiger partial charge on any atom is 0.211 e. The van der Waals surface area contributed by atoms with Gasteiger partial charge in [-0.25, -0.2) is 13.1 Å². The minimum atomic E-state index is -3.21. The second-order valence-corrected chi connectivity index (χ2v) is 7.31. The average molecular weight is 297 g/mol. The normalized spacial score (nSPS) is 19.9. The monoisotopic (exact) mass is 297 g/mol. The predicted molar refractivity (Wildman–Crippen MR) is 79.9 cm³/mol. The summed E-state index contributed by atoms with van der Waals surface area (Å²) < 4.78 is 26.5. The number of nitrogens with one attached hydrogen (secondary N) is 2. The van der Waals surface area contributed by atoms with Gasteiger partial charge in [-0.2, -0.15) is 0 Å². The van der Waals surface area contributed by atoms with Gasteiger partial charge >= 0.3 is 0 Å². The van der Waals surface area contributed by atoms with E-state index in [1.165, 1.54) is 12.8 Å². The van der Waals surface area contributed by atoms with Crippen molar-refractivity contribution in [1.82, 2.24) is 15.0 Å². The molecule has 5 nitrogen and oxygen atoms in total. The van der Waals surface area contributed by atoms with Crippen LogP contribution in [0.5, 0.6) is 0 Å². The summed E-state index contributed by atoms with van der Waals surface area (Å²) in [5.41, 5.74) is 1.81. The maximum absolute atomic E-state index is 12.0. The number of nitrogens with zero attached hydrogens (tertiary/aromatic N) is 1. The van der Waals surface area contributed by atoms with Gasteiger partial charge in [0, 0.05) is 24.5 Å². The minimum Gasteiger partial charge on any atom is -0.314 e. The molecule has 1 aliphatic heterocycles. The molecule has 20 heavy (non-hydrogen) atoms. The van der Waals surface area contributed by atoms with Crippen LogP contribution in [0.1, 0.15) is 36.9 Å². The summed E-state index contributed by atoms with van der Waals surface area (Å²) in [4.78, 5) is 4.15. The number of piperidine rings is 1. The lowest BCUT2D eigenvalue weighted by atomic mass is 10.0. The summed E-state index contributed by atoms with van der Waals surface area (Å²) in [6.07, 6.45) is 5.86. The maximum atomic E-state index is 12.0. The van der Waals surface area contributed by atoms with E-state index in [1.54, 1.807) is 6.20 Å². The van der Waals surface area contributed by atoms with Crippen LogP contribution in [0.4, 0.5) is 0 Å². The molecule has 1 aliphatic rings. The Morgan fingerprint density at radius 3 is 2.90 bits per heavy atom. The molecule has 0 aliphatic carbocycles. The van der Waals surface area contributed by atoms with Crippen molar-refractivity contribution in [2.45, 2.75) is 45.2 Å². The highest BCUT2D eigenvalue weighted by atomic mass is 32.2. The van der Waals surface area contributed by atoms with E-state index in [0.717, 1.165) is 24.2 Å². The van der Waals surface area contributed by atoms with Gasteiger partial charge in [0.25, 0.3) is 0 Å². The van der Waals surface area contributed by atoms with Crippen LogP contribution in [0.15, 0.2) is 18.3 Å². The average Bonchev–Trinajstić information content (AvgIpc) is 2.46. The summed E-state index contributed by atoms with van der Waals surface area (Å²) in [5.74, 6) is 0.184. The van der Waals surface area contributed by atoms with E-state index in [0.29, 0.717) is 19.0 Å². The molecule has 1 aromatic rings. The van der Waals surface area contributed by atoms with Crippen LogP contribution >= 0.6 is 0 Å². The molecule has 0 saturated carbocycles. The van der Waals surface area contributed by atoms with Crippen molar-refractivity contribution in [3.05, 3.63) is 29.6 Å². The standard InChI is InChI=1S/C14H23N3O2S/c1-12-5-6-13(10-16-12)11-17-20(18,19)9-7-14-4-2-3-8-15-14/h5-6,10,14-15,17H,2-4,7-9,11H2,1H3. The van der Waals surface area contributed by atoms with Crippen LogP contribution < -0.4 is 10.0 Å². The van der Waals surface area contributed by atoms with Gasteiger partial charge in [0.05, 0.1) is 5.75 Å². The lowest BCUT2D eigenvalue weighted by Crippen LogP contribution is -2.37. The fourth-order valence-corrected chi connectivity index (χ4v) is 3.46. The summed E-state index contributed by atoms with van der Waals surface area (Å²) in [6.45, 7) is 3.23. The largest absolute Gasteiger partial charge is 0.314 e. The molecule has 1 unspecified atom stereocenters. The van der Waals surface area contributed by atoms with Gasteiger partial charge in [-0.15, -0.1) is 0 Å². The molecule has 112 valence electrons. The van der Waals surface area contributed by atoms with Gasteiger partial charge in [-0.05, 0) is 44.4 Å². The SMILES string of the molecule is Cc1ccc(CNS(=O)(=O)CCC2CCCCN2)cn1. The summed E-state index contributed by atoms with van der Waals surface area (Å²) in [7, 11) is -3.21. The van der Waals surface area contributed by atoms with Crippen LogP contribution in [0, 0.1) is 6.92 Å². The zero-order valence-corrected chi connectivity index (χ0v) is 12.7. The fourth-order valence-electron chi connectivity index (χ4n) is 2.34. The van der Waals surface area contributed by atoms with E-state index in [1.807, 2.05) is 19.1 Å². The molecule has 0 amide bonds. The highest BCUT2D eigenvalue weighted by Crippen LogP contribution is 2.11. The Balaban J connectivity index is 1.76. The van der Waals surface area contributed by atoms with Crippen LogP contribution in [0.3, 0.4) is 0 Å². The van der Waals surface area contributed by atoms with Crippen molar-refractivity contribution in [3.8, 4) is 0 Å². The number of hydrogen-bond acceptors (Lipinski definition) is 4. The fraction of sp³-hybridized carbons (Fsp3) is 0.643. The van der Waals surface area contributed by atoms with Crippen molar-refractivity contribution >= 4 is 10.0 Å². The molecular formula is C14H23N3O2S. The number of rotatable bonds is 6.